The highest BCUT2D eigenvalue weighted by molar-refractivity contribution is 7.95. The van der Waals surface area contributed by atoms with Gasteiger partial charge in [-0.2, -0.15) is 0 Å². The summed E-state index contributed by atoms with van der Waals surface area (Å²) in [5.74, 6) is 0.736. The molecule has 0 spiro atoms. The van der Waals surface area contributed by atoms with Gasteiger partial charge in [0, 0.05) is 12.8 Å². The summed E-state index contributed by atoms with van der Waals surface area (Å²) in [5, 5.41) is 0. The van der Waals surface area contributed by atoms with Gasteiger partial charge in [-0.05, 0) is 21.8 Å². The first-order valence-electron chi connectivity index (χ1n) is 6.56. The van der Waals surface area contributed by atoms with Crippen LogP contribution in [-0.4, -0.2) is 81.9 Å². The first kappa shape index (κ1) is 32.7. The zero-order valence-corrected chi connectivity index (χ0v) is 20.4. The maximum Gasteiger partial charge on any atom is 0.885 e. The molecule has 24 heavy (non-hydrogen) atoms. The van der Waals surface area contributed by atoms with E-state index < -0.39 is 39.9 Å². The molecule has 7 nitrogen and oxygen atoms in total. The van der Waals surface area contributed by atoms with Crippen LogP contribution >= 0.6 is 0 Å². The molecule has 0 aromatic carbocycles. The lowest BCUT2D eigenvalue weighted by Crippen LogP contribution is -3.00. The fourth-order valence-electron chi connectivity index (χ4n) is 1.25. The highest BCUT2D eigenvalue weighted by Gasteiger charge is 2.23. The molecular weight excluding hydrogens is 503 g/mol. The quantitative estimate of drug-likeness (QED) is 0.213. The maximum atomic E-state index is 11.6. The Morgan fingerprint density at radius 1 is 0.875 bits per heavy atom. The second-order valence-electron chi connectivity index (χ2n) is 5.14. The Labute approximate surface area is 178 Å². The predicted molar refractivity (Wildman–Crippen MR) is 94.9 cm³/mol. The van der Waals surface area contributed by atoms with E-state index >= 15 is 0 Å². The van der Waals surface area contributed by atoms with Crippen molar-refractivity contribution in [3.63, 3.8) is 0 Å². The highest BCUT2D eigenvalue weighted by Crippen LogP contribution is 1.99. The number of carbonyl (C=O) groups is 2. The minimum absolute atomic E-state index is 0. The molecule has 0 aromatic heterocycles. The number of halogens is 2. The van der Waals surface area contributed by atoms with Gasteiger partial charge in [-0.3, -0.25) is 9.59 Å². The largest absolute Gasteiger partial charge is 1.00 e. The van der Waals surface area contributed by atoms with Gasteiger partial charge in [0.05, 0.1) is 25.0 Å². The van der Waals surface area contributed by atoms with E-state index in [4.69, 9.17) is 19.0 Å². The van der Waals surface area contributed by atoms with Crippen molar-refractivity contribution in [3.05, 3.63) is 0 Å². The molecule has 12 heteroatoms. The molecule has 145 valence electrons. The van der Waals surface area contributed by atoms with Crippen molar-refractivity contribution in [1.82, 2.24) is 0 Å². The van der Waals surface area contributed by atoms with Crippen LogP contribution in [0, 0.1) is 0 Å². The van der Waals surface area contributed by atoms with Crippen molar-refractivity contribution in [1.29, 1.82) is 0 Å². The summed E-state index contributed by atoms with van der Waals surface area (Å²) in [6.07, 6.45) is 9.51. The van der Waals surface area contributed by atoms with Gasteiger partial charge in [0.15, 0.2) is 0 Å². The first-order chi connectivity index (χ1) is 9.73. The molecule has 6 N–H and O–H groups in total. The van der Waals surface area contributed by atoms with Crippen LogP contribution in [0.4, 0.5) is 0 Å². The molecule has 0 amide bonds. The number of rotatable bonds is 10. The predicted octanol–water partition coefficient (Wildman–Crippen LogP) is -8.02. The second kappa shape index (κ2) is 18.8. The van der Waals surface area contributed by atoms with Crippen molar-refractivity contribution in [2.24, 2.45) is 11.5 Å². The molecule has 1 radical (unpaired) electrons. The zero-order chi connectivity index (χ0) is 16.4. The van der Waals surface area contributed by atoms with E-state index in [1.807, 2.05) is 0 Å². The summed E-state index contributed by atoms with van der Waals surface area (Å²) in [6, 6.07) is -1.30. The number of hydrogen-bond donors (Lipinski definition) is 2. The van der Waals surface area contributed by atoms with Crippen LogP contribution in [0.3, 0.4) is 0 Å². The fraction of sp³-hybridized carbons (Fsp3) is 0.833. The first-order valence-corrected chi connectivity index (χ1v) is 11.9. The van der Waals surface area contributed by atoms with E-state index in [0.29, 0.717) is 12.8 Å². The van der Waals surface area contributed by atoms with Gasteiger partial charge in [-0.1, -0.05) is 0 Å². The van der Waals surface area contributed by atoms with Gasteiger partial charge in [-0.15, -0.1) is 0 Å². The SMILES string of the molecule is C[S+](C)CCC(N)C(=O)[O][Al][O]C(=O)C(N)CC[S+](C)C.O.[Br-].[Br-]. The highest BCUT2D eigenvalue weighted by atomic mass is 79.9. The van der Waals surface area contributed by atoms with Crippen molar-refractivity contribution < 1.29 is 56.6 Å². The van der Waals surface area contributed by atoms with Gasteiger partial charge in [0.2, 0.25) is 0 Å². The van der Waals surface area contributed by atoms with Crippen molar-refractivity contribution in [2.75, 3.05) is 36.5 Å². The lowest BCUT2D eigenvalue weighted by molar-refractivity contribution is -0.140. The van der Waals surface area contributed by atoms with Crippen molar-refractivity contribution >= 4 is 49.6 Å². The van der Waals surface area contributed by atoms with Crippen LogP contribution in [0.15, 0.2) is 0 Å². The lowest BCUT2D eigenvalue weighted by atomic mass is 10.2. The van der Waals surface area contributed by atoms with Gasteiger partial charge >= 0.3 is 15.9 Å². The molecule has 2 atom stereocenters. The van der Waals surface area contributed by atoms with Gasteiger partial charge in [-0.25, -0.2) is 0 Å². The van der Waals surface area contributed by atoms with E-state index in [-0.39, 0.29) is 61.2 Å². The van der Waals surface area contributed by atoms with Crippen LogP contribution in [-0.2, 0) is 39.0 Å². The molecule has 2 unspecified atom stereocenters. The molecule has 0 aliphatic carbocycles. The van der Waals surface area contributed by atoms with E-state index in [0.717, 1.165) is 11.5 Å². The van der Waals surface area contributed by atoms with Gasteiger partial charge < -0.3 is 58.5 Å². The summed E-state index contributed by atoms with van der Waals surface area (Å²) in [6.45, 7) is 0. The fourth-order valence-corrected chi connectivity index (χ4v) is 3.29. The molecular formula is C12H28AlBr2N2O5S2. The smallest absolute Gasteiger partial charge is 0.885 e. The molecule has 0 saturated heterocycles. The van der Waals surface area contributed by atoms with Crippen molar-refractivity contribution in [2.45, 2.75) is 24.9 Å². The maximum absolute atomic E-state index is 11.6. The topological polar surface area (TPSA) is 136 Å². The Balaban J connectivity index is -0.000000667. The number of hydrogen-bond acceptors (Lipinski definition) is 6. The molecule has 0 fully saturated rings. The average molecular weight is 531 g/mol. The minimum atomic E-state index is -1.19. The minimum Gasteiger partial charge on any atom is -1.00 e. The van der Waals surface area contributed by atoms with Gasteiger partial charge in [0.25, 0.3) is 11.9 Å². The molecule has 0 heterocycles. The Bertz CT molecular complexity index is 315. The van der Waals surface area contributed by atoms with Crippen LogP contribution in [0.5, 0.6) is 0 Å². The number of carbonyl (C=O) groups excluding carboxylic acids is 2. The van der Waals surface area contributed by atoms with Crippen LogP contribution in [0.25, 0.3) is 0 Å². The molecule has 0 aliphatic rings. The van der Waals surface area contributed by atoms with E-state index in [9.17, 15) is 9.59 Å². The average Bonchev–Trinajstić information content (AvgIpc) is 2.41. The third-order valence-electron chi connectivity index (χ3n) is 2.61. The Morgan fingerprint density at radius 3 is 1.42 bits per heavy atom. The molecule has 0 bridgehead atoms. The summed E-state index contributed by atoms with van der Waals surface area (Å²) >= 11 is -1.19. The third-order valence-corrected chi connectivity index (χ3v) is 5.37. The third kappa shape index (κ3) is 17.8. The van der Waals surface area contributed by atoms with Crippen LogP contribution < -0.4 is 45.4 Å². The molecule has 0 saturated carbocycles. The van der Waals surface area contributed by atoms with E-state index in [2.05, 4.69) is 25.0 Å². The van der Waals surface area contributed by atoms with Crippen LogP contribution in [0.1, 0.15) is 12.8 Å². The Morgan fingerprint density at radius 2 is 1.17 bits per heavy atom. The standard InChI is InChI=1S/2C6H13NO2S.Al.2BrH.H2O/c2*1-10(2)4-3-5(7)6(8)9;;;;/h2*5H,3-4,7H2,1-2H3;;2*1H;1H2/q;;+2;;;/p-2. The summed E-state index contributed by atoms with van der Waals surface area (Å²) in [4.78, 5) is 23.2. The Kier molecular flexibility index (Phi) is 25.6. The molecule has 0 rings (SSSR count). The normalized spacial score (nSPS) is 12.2. The van der Waals surface area contributed by atoms with E-state index in [1.165, 1.54) is 0 Å². The molecule has 0 aliphatic heterocycles. The Hall–Kier alpha value is 1.01. The zero-order valence-electron chi connectivity index (χ0n) is 14.4. The monoisotopic (exact) mass is 529 g/mol. The van der Waals surface area contributed by atoms with Crippen LogP contribution in [0.2, 0.25) is 0 Å². The summed E-state index contributed by atoms with van der Waals surface area (Å²) < 4.78 is 9.82. The van der Waals surface area contributed by atoms with Gasteiger partial charge in [0.1, 0.15) is 23.6 Å². The van der Waals surface area contributed by atoms with E-state index in [1.54, 1.807) is 0 Å². The van der Waals surface area contributed by atoms with Crippen molar-refractivity contribution in [3.8, 4) is 0 Å². The second-order valence-corrected chi connectivity index (χ2v) is 10.6. The lowest BCUT2D eigenvalue weighted by Gasteiger charge is -2.13. The molecule has 0 aromatic rings. The summed E-state index contributed by atoms with van der Waals surface area (Å²) in [7, 11) is 0.479. The summed E-state index contributed by atoms with van der Waals surface area (Å²) in [5.41, 5.74) is 11.4. The number of nitrogens with two attached hydrogens (primary N) is 2.